The molecule has 0 fully saturated rings. The molecule has 3 nitrogen and oxygen atoms in total. The molecule has 0 bridgehead atoms. The zero-order chi connectivity index (χ0) is 12.4. The van der Waals surface area contributed by atoms with Gasteiger partial charge in [0, 0.05) is 0 Å². The van der Waals surface area contributed by atoms with Crippen molar-refractivity contribution in [1.29, 1.82) is 0 Å². The van der Waals surface area contributed by atoms with Crippen LogP contribution in [-0.2, 0) is 9.84 Å². The van der Waals surface area contributed by atoms with E-state index in [1.54, 1.807) is 0 Å². The molecular weight excluding hydrogens is 245 g/mol. The Labute approximate surface area is 90.8 Å². The summed E-state index contributed by atoms with van der Waals surface area (Å²) in [6.45, 7) is 1.33. The summed E-state index contributed by atoms with van der Waals surface area (Å²) in [4.78, 5) is -0.0791. The number of alkyl halides is 3. The van der Waals surface area contributed by atoms with E-state index in [4.69, 9.17) is 0 Å². The summed E-state index contributed by atoms with van der Waals surface area (Å²) >= 11 is 0. The molecule has 0 amide bonds. The Kier molecular flexibility index (Phi) is 3.47. The Morgan fingerprint density at radius 2 is 1.69 bits per heavy atom. The monoisotopic (exact) mass is 253 g/mol. The van der Waals surface area contributed by atoms with Crippen LogP contribution in [-0.4, -0.2) is 14.8 Å². The third-order valence-electron chi connectivity index (χ3n) is 1.70. The van der Waals surface area contributed by atoms with Crippen molar-refractivity contribution in [1.82, 2.24) is 0 Å². The van der Waals surface area contributed by atoms with Crippen molar-refractivity contribution in [2.24, 2.45) is 0 Å². The zero-order valence-electron chi connectivity index (χ0n) is 8.15. The minimum atomic E-state index is -4.78. The lowest BCUT2D eigenvalue weighted by molar-refractivity contribution is -0.274. The average molecular weight is 253 g/mol. The highest BCUT2D eigenvalue weighted by Gasteiger charge is 2.31. The van der Waals surface area contributed by atoms with E-state index >= 15 is 0 Å². The largest absolute Gasteiger partial charge is 0.573 e. The number of hydrogen-bond acceptors (Lipinski definition) is 3. The van der Waals surface area contributed by atoms with Crippen molar-refractivity contribution in [2.45, 2.75) is 18.2 Å². The van der Waals surface area contributed by atoms with Gasteiger partial charge in [0.2, 0.25) is 0 Å². The molecule has 1 aromatic carbocycles. The van der Waals surface area contributed by atoms with Crippen LogP contribution in [0.2, 0.25) is 0 Å². The van der Waals surface area contributed by atoms with E-state index < -0.39 is 21.9 Å². The lowest BCUT2D eigenvalue weighted by Crippen LogP contribution is -2.17. The zero-order valence-corrected chi connectivity index (χ0v) is 8.97. The molecule has 16 heavy (non-hydrogen) atoms. The van der Waals surface area contributed by atoms with Crippen molar-refractivity contribution in [3.8, 4) is 5.75 Å². The third kappa shape index (κ3) is 3.41. The highest BCUT2D eigenvalue weighted by Crippen LogP contribution is 2.24. The Morgan fingerprint density at radius 1 is 1.19 bits per heavy atom. The number of sulfone groups is 1. The summed E-state index contributed by atoms with van der Waals surface area (Å²) in [5.41, 5.74) is 0. The van der Waals surface area contributed by atoms with Gasteiger partial charge in [0.15, 0.2) is 9.84 Å². The van der Waals surface area contributed by atoms with Gasteiger partial charge in [0.25, 0.3) is 0 Å². The summed E-state index contributed by atoms with van der Waals surface area (Å²) in [7, 11) is -3.52. The minimum absolute atomic E-state index is 0.0791. The number of benzene rings is 1. The van der Waals surface area contributed by atoms with Crippen LogP contribution in [0.5, 0.6) is 5.75 Å². The summed E-state index contributed by atoms with van der Waals surface area (Å²) in [5.74, 6) is 0.509. The maximum absolute atomic E-state index is 11.8. The number of ether oxygens (including phenoxy) is 1. The van der Waals surface area contributed by atoms with Crippen molar-refractivity contribution >= 4 is 9.84 Å². The van der Waals surface area contributed by atoms with Crippen LogP contribution >= 0.6 is 0 Å². The molecule has 1 radical (unpaired) electrons. The second kappa shape index (κ2) is 4.32. The van der Waals surface area contributed by atoms with Crippen LogP contribution in [0.25, 0.3) is 0 Å². The van der Waals surface area contributed by atoms with Crippen LogP contribution in [0.1, 0.15) is 6.92 Å². The molecule has 1 aromatic rings. The van der Waals surface area contributed by atoms with Crippen LogP contribution in [0.15, 0.2) is 29.2 Å². The second-order valence-corrected chi connectivity index (χ2v) is 4.83. The summed E-state index contributed by atoms with van der Waals surface area (Å²) in [6, 6.07) is 4.00. The molecule has 0 saturated heterocycles. The highest BCUT2D eigenvalue weighted by atomic mass is 32.2. The normalized spacial score (nSPS) is 12.5. The average Bonchev–Trinajstić information content (AvgIpc) is 2.16. The number of hydrogen-bond donors (Lipinski definition) is 0. The molecule has 0 saturated carbocycles. The van der Waals surface area contributed by atoms with Gasteiger partial charge in [0.05, 0.1) is 10.6 Å². The van der Waals surface area contributed by atoms with Crippen molar-refractivity contribution in [3.63, 3.8) is 0 Å². The van der Waals surface area contributed by atoms with Gasteiger partial charge in [-0.05, 0) is 31.2 Å². The molecule has 0 heterocycles. The van der Waals surface area contributed by atoms with Gasteiger partial charge in [-0.3, -0.25) is 0 Å². The van der Waals surface area contributed by atoms with E-state index in [0.29, 0.717) is 0 Å². The van der Waals surface area contributed by atoms with Gasteiger partial charge in [-0.15, -0.1) is 13.2 Å². The SMILES string of the molecule is C[CH]S(=O)(=O)c1ccc(OC(F)(F)F)cc1. The highest BCUT2D eigenvalue weighted by molar-refractivity contribution is 7.93. The van der Waals surface area contributed by atoms with Gasteiger partial charge in [-0.2, -0.15) is 0 Å². The molecule has 0 spiro atoms. The first-order valence-electron chi connectivity index (χ1n) is 4.15. The maximum atomic E-state index is 11.8. The van der Waals surface area contributed by atoms with E-state index in [9.17, 15) is 21.6 Å². The van der Waals surface area contributed by atoms with Gasteiger partial charge < -0.3 is 4.74 Å². The Balaban J connectivity index is 2.93. The first kappa shape index (κ1) is 12.8. The Morgan fingerprint density at radius 3 is 2.06 bits per heavy atom. The predicted octanol–water partition coefficient (Wildman–Crippen LogP) is 2.54. The Hall–Kier alpha value is -1.24. The molecule has 0 N–H and O–H groups in total. The lowest BCUT2D eigenvalue weighted by Gasteiger charge is -2.08. The van der Waals surface area contributed by atoms with Gasteiger partial charge in [-0.1, -0.05) is 0 Å². The molecule has 0 unspecified atom stereocenters. The minimum Gasteiger partial charge on any atom is -0.406 e. The molecular formula is C9H8F3O3S. The molecule has 0 atom stereocenters. The van der Waals surface area contributed by atoms with Gasteiger partial charge in [0.1, 0.15) is 5.75 Å². The van der Waals surface area contributed by atoms with Crippen LogP contribution in [0.3, 0.4) is 0 Å². The fourth-order valence-corrected chi connectivity index (χ4v) is 1.75. The smallest absolute Gasteiger partial charge is 0.406 e. The molecule has 0 aromatic heterocycles. The van der Waals surface area contributed by atoms with E-state index in [1.807, 2.05) is 0 Å². The number of rotatable bonds is 3. The molecule has 0 aliphatic heterocycles. The summed E-state index contributed by atoms with van der Waals surface area (Å²) in [6.07, 6.45) is -4.78. The second-order valence-electron chi connectivity index (χ2n) is 2.80. The molecule has 89 valence electrons. The molecule has 7 heteroatoms. The fourth-order valence-electron chi connectivity index (χ4n) is 0.967. The predicted molar refractivity (Wildman–Crippen MR) is 50.3 cm³/mol. The Bertz CT molecular complexity index is 448. The van der Waals surface area contributed by atoms with Crippen LogP contribution in [0, 0.1) is 5.75 Å². The van der Waals surface area contributed by atoms with Crippen molar-refractivity contribution in [2.75, 3.05) is 0 Å². The quantitative estimate of drug-likeness (QED) is 0.831. The molecule has 0 aliphatic carbocycles. The van der Waals surface area contributed by atoms with E-state index in [-0.39, 0.29) is 4.90 Å². The van der Waals surface area contributed by atoms with Crippen molar-refractivity contribution in [3.05, 3.63) is 30.0 Å². The van der Waals surface area contributed by atoms with Crippen LogP contribution in [0.4, 0.5) is 13.2 Å². The summed E-state index contributed by atoms with van der Waals surface area (Å²) < 4.78 is 61.5. The van der Waals surface area contributed by atoms with Crippen molar-refractivity contribution < 1.29 is 26.3 Å². The fraction of sp³-hybridized carbons (Fsp3) is 0.222. The van der Waals surface area contributed by atoms with Gasteiger partial charge in [-0.25, -0.2) is 8.42 Å². The molecule has 1 rings (SSSR count). The molecule has 0 aliphatic rings. The first-order valence-corrected chi connectivity index (χ1v) is 5.69. The third-order valence-corrected chi connectivity index (χ3v) is 3.25. The standard InChI is InChI=1S/C9H8F3O3S/c1-2-16(13,14)8-5-3-7(4-6-8)15-9(10,11)12/h2-6H,1H3. The van der Waals surface area contributed by atoms with E-state index in [0.717, 1.165) is 30.0 Å². The topological polar surface area (TPSA) is 43.4 Å². The van der Waals surface area contributed by atoms with E-state index in [1.165, 1.54) is 6.92 Å². The lowest BCUT2D eigenvalue weighted by atomic mass is 10.3. The van der Waals surface area contributed by atoms with E-state index in [2.05, 4.69) is 4.74 Å². The van der Waals surface area contributed by atoms with Crippen LogP contribution < -0.4 is 4.74 Å². The maximum Gasteiger partial charge on any atom is 0.573 e. The number of halogens is 3. The first-order chi connectivity index (χ1) is 7.24. The van der Waals surface area contributed by atoms with Gasteiger partial charge >= 0.3 is 6.36 Å². The summed E-state index contributed by atoms with van der Waals surface area (Å²) in [5, 5.41) is 0.